The molecule has 0 saturated heterocycles. The zero-order valence-electron chi connectivity index (χ0n) is 14.3. The first-order valence-electron chi connectivity index (χ1n) is 7.92. The van der Waals surface area contributed by atoms with E-state index in [0.717, 1.165) is 27.8 Å². The summed E-state index contributed by atoms with van der Waals surface area (Å²) >= 11 is 0. The minimum absolute atomic E-state index is 0.469. The first kappa shape index (κ1) is 15.7. The standard InChI is InChI=1S/C19H16N6O/c1-24-11-16(10-22-24)15-7-17(26-2)19-14(9-23-25(19)12-15)5-3-13-4-6-18(20)21-8-13/h4,6-12H,1-2H3,(H2,20,21). The van der Waals surface area contributed by atoms with E-state index in [4.69, 9.17) is 10.5 Å². The fraction of sp³-hybridized carbons (Fsp3) is 0.105. The van der Waals surface area contributed by atoms with Crippen LogP contribution in [0.25, 0.3) is 16.6 Å². The molecule has 0 radical (unpaired) electrons. The molecule has 0 aliphatic heterocycles. The molecular weight excluding hydrogens is 328 g/mol. The molecular formula is C19H16N6O. The molecule has 0 fully saturated rings. The number of pyridine rings is 2. The van der Waals surface area contributed by atoms with Crippen LogP contribution < -0.4 is 10.5 Å². The van der Waals surface area contributed by atoms with Gasteiger partial charge in [-0.25, -0.2) is 9.50 Å². The lowest BCUT2D eigenvalue weighted by atomic mass is 10.1. The highest BCUT2D eigenvalue weighted by molar-refractivity contribution is 5.75. The Kier molecular flexibility index (Phi) is 3.78. The van der Waals surface area contributed by atoms with Crippen LogP contribution in [0.2, 0.25) is 0 Å². The van der Waals surface area contributed by atoms with Crippen LogP contribution in [0.15, 0.2) is 49.2 Å². The number of nitrogens with two attached hydrogens (primary N) is 1. The molecule has 0 unspecified atom stereocenters. The first-order chi connectivity index (χ1) is 12.6. The molecule has 0 aliphatic carbocycles. The molecule has 0 spiro atoms. The van der Waals surface area contributed by atoms with Gasteiger partial charge >= 0.3 is 0 Å². The highest BCUT2D eigenvalue weighted by atomic mass is 16.5. The van der Waals surface area contributed by atoms with Gasteiger partial charge in [0.1, 0.15) is 17.1 Å². The smallest absolute Gasteiger partial charge is 0.146 e. The Bertz CT molecular complexity index is 1140. The van der Waals surface area contributed by atoms with Crippen molar-refractivity contribution in [2.45, 2.75) is 0 Å². The third kappa shape index (κ3) is 2.84. The lowest BCUT2D eigenvalue weighted by molar-refractivity contribution is 0.417. The van der Waals surface area contributed by atoms with Gasteiger partial charge in [-0.05, 0) is 18.2 Å². The monoisotopic (exact) mass is 344 g/mol. The average molecular weight is 344 g/mol. The average Bonchev–Trinajstić information content (AvgIpc) is 3.26. The number of rotatable bonds is 2. The lowest BCUT2D eigenvalue weighted by Gasteiger charge is -2.06. The van der Waals surface area contributed by atoms with Crippen LogP contribution in [0, 0.1) is 11.8 Å². The van der Waals surface area contributed by atoms with E-state index in [9.17, 15) is 0 Å². The number of aryl methyl sites for hydroxylation is 1. The molecule has 2 N–H and O–H groups in total. The molecule has 0 bridgehead atoms. The molecule has 128 valence electrons. The van der Waals surface area contributed by atoms with E-state index < -0.39 is 0 Å². The van der Waals surface area contributed by atoms with Gasteiger partial charge in [-0.15, -0.1) is 0 Å². The molecule has 7 nitrogen and oxygen atoms in total. The van der Waals surface area contributed by atoms with Crippen LogP contribution in [0.5, 0.6) is 5.75 Å². The van der Waals surface area contributed by atoms with Gasteiger partial charge in [-0.3, -0.25) is 4.68 Å². The van der Waals surface area contributed by atoms with E-state index in [0.29, 0.717) is 11.6 Å². The second-order valence-electron chi connectivity index (χ2n) is 5.77. The van der Waals surface area contributed by atoms with Gasteiger partial charge in [0.05, 0.1) is 25.1 Å². The zero-order valence-corrected chi connectivity index (χ0v) is 14.3. The number of methoxy groups -OCH3 is 1. The third-order valence-electron chi connectivity index (χ3n) is 3.96. The zero-order chi connectivity index (χ0) is 18.1. The fourth-order valence-electron chi connectivity index (χ4n) is 2.68. The third-order valence-corrected chi connectivity index (χ3v) is 3.96. The molecule has 0 saturated carbocycles. The molecule has 4 aromatic heterocycles. The van der Waals surface area contributed by atoms with E-state index >= 15 is 0 Å². The van der Waals surface area contributed by atoms with E-state index in [2.05, 4.69) is 27.0 Å². The van der Waals surface area contributed by atoms with Crippen molar-refractivity contribution in [1.82, 2.24) is 24.4 Å². The fourth-order valence-corrected chi connectivity index (χ4v) is 2.68. The predicted molar refractivity (Wildman–Crippen MR) is 98.6 cm³/mol. The number of hydrogen-bond acceptors (Lipinski definition) is 5. The van der Waals surface area contributed by atoms with Crippen molar-refractivity contribution in [3.63, 3.8) is 0 Å². The highest BCUT2D eigenvalue weighted by Gasteiger charge is 2.12. The predicted octanol–water partition coefficient (Wildman–Crippen LogP) is 2.12. The minimum atomic E-state index is 0.469. The van der Waals surface area contributed by atoms with Crippen LogP contribution in [0.3, 0.4) is 0 Å². The van der Waals surface area contributed by atoms with Gasteiger partial charge in [0.2, 0.25) is 0 Å². The van der Waals surface area contributed by atoms with Gasteiger partial charge in [-0.2, -0.15) is 10.2 Å². The Hall–Kier alpha value is -3.79. The summed E-state index contributed by atoms with van der Waals surface area (Å²) < 4.78 is 9.11. The summed E-state index contributed by atoms with van der Waals surface area (Å²) in [4.78, 5) is 4.04. The number of aromatic nitrogens is 5. The van der Waals surface area contributed by atoms with E-state index in [1.54, 1.807) is 41.0 Å². The Morgan fingerprint density at radius 1 is 1.04 bits per heavy atom. The molecule has 0 aromatic carbocycles. The van der Waals surface area contributed by atoms with Crippen LogP contribution in [0.1, 0.15) is 11.1 Å². The second-order valence-corrected chi connectivity index (χ2v) is 5.77. The number of nitrogens with zero attached hydrogens (tertiary/aromatic N) is 5. The van der Waals surface area contributed by atoms with Crippen molar-refractivity contribution in [1.29, 1.82) is 0 Å². The minimum Gasteiger partial charge on any atom is -0.494 e. The van der Waals surface area contributed by atoms with Crippen molar-refractivity contribution in [2.24, 2.45) is 7.05 Å². The molecule has 26 heavy (non-hydrogen) atoms. The van der Waals surface area contributed by atoms with E-state index in [-0.39, 0.29) is 0 Å². The Morgan fingerprint density at radius 3 is 2.62 bits per heavy atom. The molecule has 0 aliphatic rings. The molecule has 4 aromatic rings. The summed E-state index contributed by atoms with van der Waals surface area (Å²) in [5.74, 6) is 7.37. The molecule has 4 rings (SSSR count). The van der Waals surface area contributed by atoms with Crippen LogP contribution in [0.4, 0.5) is 5.82 Å². The summed E-state index contributed by atoms with van der Waals surface area (Å²) in [5, 5.41) is 8.63. The van der Waals surface area contributed by atoms with Gasteiger partial charge in [-0.1, -0.05) is 11.8 Å². The summed E-state index contributed by atoms with van der Waals surface area (Å²) in [6.07, 6.45) is 9.05. The summed E-state index contributed by atoms with van der Waals surface area (Å²) in [6.45, 7) is 0. The molecule has 0 atom stereocenters. The van der Waals surface area contributed by atoms with Crippen molar-refractivity contribution >= 4 is 11.3 Å². The lowest BCUT2D eigenvalue weighted by Crippen LogP contribution is -1.94. The largest absolute Gasteiger partial charge is 0.494 e. The maximum Gasteiger partial charge on any atom is 0.146 e. The summed E-state index contributed by atoms with van der Waals surface area (Å²) in [5.41, 5.74) is 9.93. The van der Waals surface area contributed by atoms with Crippen LogP contribution in [-0.2, 0) is 7.05 Å². The maximum atomic E-state index is 5.60. The number of anilines is 1. The summed E-state index contributed by atoms with van der Waals surface area (Å²) in [6, 6.07) is 5.52. The number of ether oxygens (including phenoxy) is 1. The van der Waals surface area contributed by atoms with Crippen LogP contribution in [-0.4, -0.2) is 31.5 Å². The second kappa shape index (κ2) is 6.26. The van der Waals surface area contributed by atoms with E-state index in [1.165, 1.54) is 0 Å². The van der Waals surface area contributed by atoms with Crippen molar-refractivity contribution < 1.29 is 4.74 Å². The van der Waals surface area contributed by atoms with Crippen molar-refractivity contribution in [2.75, 3.05) is 12.8 Å². The molecule has 4 heterocycles. The van der Waals surface area contributed by atoms with Gasteiger partial charge in [0.15, 0.2) is 0 Å². The van der Waals surface area contributed by atoms with Crippen LogP contribution >= 0.6 is 0 Å². The maximum absolute atomic E-state index is 5.60. The Labute approximate surface area is 150 Å². The molecule has 0 amide bonds. The molecule has 7 heteroatoms. The van der Waals surface area contributed by atoms with Crippen molar-refractivity contribution in [3.8, 4) is 28.7 Å². The number of nitrogen functional groups attached to an aromatic ring is 1. The summed E-state index contributed by atoms with van der Waals surface area (Å²) in [7, 11) is 3.52. The van der Waals surface area contributed by atoms with Gasteiger partial charge in [0, 0.05) is 42.3 Å². The van der Waals surface area contributed by atoms with Crippen molar-refractivity contribution in [3.05, 3.63) is 60.3 Å². The Balaban J connectivity index is 1.79. The van der Waals surface area contributed by atoms with Gasteiger partial charge < -0.3 is 10.5 Å². The first-order valence-corrected chi connectivity index (χ1v) is 7.92. The van der Waals surface area contributed by atoms with E-state index in [1.807, 2.05) is 31.6 Å². The van der Waals surface area contributed by atoms with Gasteiger partial charge in [0.25, 0.3) is 0 Å². The highest BCUT2D eigenvalue weighted by Crippen LogP contribution is 2.29. The normalized spacial score (nSPS) is 10.5. The number of fused-ring (bicyclic) bond motifs is 1. The SMILES string of the molecule is COc1cc(-c2cnn(C)c2)cn2ncc(C#Cc3ccc(N)nc3)c12. The number of hydrogen-bond donors (Lipinski definition) is 1. The quantitative estimate of drug-likeness (QED) is 0.563. The topological polar surface area (TPSA) is 83.3 Å². The Morgan fingerprint density at radius 2 is 1.92 bits per heavy atom.